The maximum absolute atomic E-state index is 13.0. The molecule has 0 saturated heterocycles. The molecule has 4 heteroatoms. The van der Waals surface area contributed by atoms with Crippen molar-refractivity contribution >= 4 is 0 Å². The van der Waals surface area contributed by atoms with Crippen molar-refractivity contribution in [3.05, 3.63) is 24.0 Å². The number of halogens is 1. The van der Waals surface area contributed by atoms with Crippen molar-refractivity contribution < 1.29 is 18.6 Å². The summed E-state index contributed by atoms with van der Waals surface area (Å²) in [4.78, 5) is 0. The van der Waals surface area contributed by atoms with Crippen LogP contribution in [0.15, 0.2) is 18.2 Å². The van der Waals surface area contributed by atoms with E-state index in [0.717, 1.165) is 0 Å². The fourth-order valence-electron chi connectivity index (χ4n) is 0.844. The van der Waals surface area contributed by atoms with Gasteiger partial charge in [0.1, 0.15) is 5.75 Å². The van der Waals surface area contributed by atoms with E-state index in [0.29, 0.717) is 5.75 Å². The zero-order valence-corrected chi connectivity index (χ0v) is 7.54. The topological polar surface area (TPSA) is 27.7 Å². The molecule has 0 aliphatic heterocycles. The Kier molecular flexibility index (Phi) is 3.52. The predicted molar refractivity (Wildman–Crippen MR) is 45.5 cm³/mol. The number of benzene rings is 1. The molecule has 13 heavy (non-hydrogen) atoms. The highest BCUT2D eigenvalue weighted by atomic mass is 19.1. The molecule has 0 atom stereocenters. The van der Waals surface area contributed by atoms with Crippen LogP contribution in [0.5, 0.6) is 11.5 Å². The molecule has 0 bridgehead atoms. The fourth-order valence-corrected chi connectivity index (χ4v) is 0.844. The Bertz CT molecular complexity index is 276. The lowest BCUT2D eigenvalue weighted by molar-refractivity contribution is 0.0481. The summed E-state index contributed by atoms with van der Waals surface area (Å²) >= 11 is 0. The van der Waals surface area contributed by atoms with E-state index in [4.69, 9.17) is 9.47 Å². The van der Waals surface area contributed by atoms with Crippen LogP contribution in [0.1, 0.15) is 0 Å². The highest BCUT2D eigenvalue weighted by molar-refractivity contribution is 5.34. The fraction of sp³-hybridized carbons (Fsp3) is 0.333. The highest BCUT2D eigenvalue weighted by Gasteiger charge is 2.04. The molecule has 0 N–H and O–H groups in total. The van der Waals surface area contributed by atoms with E-state index < -0.39 is 5.82 Å². The first kappa shape index (κ1) is 9.80. The standard InChI is InChI=1S/C9H11FO3/c1-11-6-13-9-5-7(12-2)3-4-8(9)10/h3-5H,6H2,1-2H3. The first-order valence-electron chi connectivity index (χ1n) is 3.73. The Morgan fingerprint density at radius 1 is 1.31 bits per heavy atom. The molecule has 1 aromatic rings. The first-order chi connectivity index (χ1) is 6.27. The van der Waals surface area contributed by atoms with Crippen molar-refractivity contribution in [1.82, 2.24) is 0 Å². The van der Waals surface area contributed by atoms with Gasteiger partial charge in [-0.05, 0) is 12.1 Å². The van der Waals surface area contributed by atoms with Gasteiger partial charge in [-0.15, -0.1) is 0 Å². The lowest BCUT2D eigenvalue weighted by atomic mass is 10.3. The molecular weight excluding hydrogens is 175 g/mol. The predicted octanol–water partition coefficient (Wildman–Crippen LogP) is 1.82. The average Bonchev–Trinajstić information content (AvgIpc) is 2.17. The smallest absolute Gasteiger partial charge is 0.188 e. The van der Waals surface area contributed by atoms with Crippen LogP contribution >= 0.6 is 0 Å². The van der Waals surface area contributed by atoms with Crippen LogP contribution in [0.25, 0.3) is 0 Å². The number of ether oxygens (including phenoxy) is 3. The summed E-state index contributed by atoms with van der Waals surface area (Å²) in [7, 11) is 2.98. The molecule has 0 aliphatic rings. The summed E-state index contributed by atoms with van der Waals surface area (Å²) < 4.78 is 27.5. The minimum atomic E-state index is -0.433. The Labute approximate surface area is 76.0 Å². The van der Waals surface area contributed by atoms with Crippen molar-refractivity contribution in [2.24, 2.45) is 0 Å². The molecular formula is C9H11FO3. The van der Waals surface area contributed by atoms with Crippen LogP contribution in [0, 0.1) is 5.82 Å². The number of hydrogen-bond donors (Lipinski definition) is 0. The molecule has 0 fully saturated rings. The molecule has 0 unspecified atom stereocenters. The molecule has 0 radical (unpaired) electrons. The lowest BCUT2D eigenvalue weighted by Crippen LogP contribution is -2.00. The molecule has 0 heterocycles. The van der Waals surface area contributed by atoms with Crippen LogP contribution in [0.4, 0.5) is 4.39 Å². The number of methoxy groups -OCH3 is 2. The molecule has 0 spiro atoms. The van der Waals surface area contributed by atoms with Crippen molar-refractivity contribution in [3.8, 4) is 11.5 Å². The SMILES string of the molecule is COCOc1cc(OC)ccc1F. The van der Waals surface area contributed by atoms with Crippen molar-refractivity contribution in [2.45, 2.75) is 0 Å². The van der Waals surface area contributed by atoms with Gasteiger partial charge in [-0.25, -0.2) is 4.39 Å². The summed E-state index contributed by atoms with van der Waals surface area (Å²) in [6, 6.07) is 4.27. The molecule has 0 aliphatic carbocycles. The van der Waals surface area contributed by atoms with Crippen LogP contribution < -0.4 is 9.47 Å². The Hall–Kier alpha value is -1.29. The Morgan fingerprint density at radius 3 is 2.69 bits per heavy atom. The van der Waals surface area contributed by atoms with E-state index in [1.54, 1.807) is 0 Å². The second-order valence-electron chi connectivity index (χ2n) is 2.35. The normalized spacial score (nSPS) is 9.77. The molecule has 0 amide bonds. The van der Waals surface area contributed by atoms with Gasteiger partial charge in [-0.3, -0.25) is 0 Å². The minimum Gasteiger partial charge on any atom is -0.497 e. The lowest BCUT2D eigenvalue weighted by Gasteiger charge is -2.07. The molecule has 0 aromatic heterocycles. The van der Waals surface area contributed by atoms with E-state index >= 15 is 0 Å². The largest absolute Gasteiger partial charge is 0.497 e. The molecule has 0 saturated carbocycles. The van der Waals surface area contributed by atoms with E-state index in [-0.39, 0.29) is 12.5 Å². The van der Waals surface area contributed by atoms with Crippen LogP contribution in [0.3, 0.4) is 0 Å². The van der Waals surface area contributed by atoms with Gasteiger partial charge in [-0.1, -0.05) is 0 Å². The van der Waals surface area contributed by atoms with E-state index in [2.05, 4.69) is 4.74 Å². The zero-order chi connectivity index (χ0) is 9.68. The average molecular weight is 186 g/mol. The zero-order valence-electron chi connectivity index (χ0n) is 7.54. The summed E-state index contributed by atoms with van der Waals surface area (Å²) in [5.74, 6) is 0.242. The van der Waals surface area contributed by atoms with Crippen molar-refractivity contribution in [2.75, 3.05) is 21.0 Å². The molecule has 3 nitrogen and oxygen atoms in total. The van der Waals surface area contributed by atoms with E-state index in [1.165, 1.54) is 32.4 Å². The molecule has 72 valence electrons. The van der Waals surface area contributed by atoms with Crippen molar-refractivity contribution in [1.29, 1.82) is 0 Å². The number of hydrogen-bond acceptors (Lipinski definition) is 3. The van der Waals surface area contributed by atoms with Gasteiger partial charge in [-0.2, -0.15) is 0 Å². The minimum absolute atomic E-state index is 0.0179. The number of rotatable bonds is 4. The summed E-state index contributed by atoms with van der Waals surface area (Å²) in [5, 5.41) is 0. The Balaban J connectivity index is 2.78. The van der Waals surface area contributed by atoms with E-state index in [9.17, 15) is 4.39 Å². The van der Waals surface area contributed by atoms with E-state index in [1.807, 2.05) is 0 Å². The van der Waals surface area contributed by atoms with Crippen LogP contribution in [0.2, 0.25) is 0 Å². The second-order valence-corrected chi connectivity index (χ2v) is 2.35. The quantitative estimate of drug-likeness (QED) is 0.671. The summed E-state index contributed by atoms with van der Waals surface area (Å²) in [6.07, 6.45) is 0. The third-order valence-corrected chi connectivity index (χ3v) is 1.47. The first-order valence-corrected chi connectivity index (χ1v) is 3.73. The van der Waals surface area contributed by atoms with Gasteiger partial charge in [0.2, 0.25) is 0 Å². The van der Waals surface area contributed by atoms with Gasteiger partial charge < -0.3 is 14.2 Å². The van der Waals surface area contributed by atoms with Gasteiger partial charge >= 0.3 is 0 Å². The highest BCUT2D eigenvalue weighted by Crippen LogP contribution is 2.22. The van der Waals surface area contributed by atoms with Crippen molar-refractivity contribution in [3.63, 3.8) is 0 Å². The maximum atomic E-state index is 13.0. The second kappa shape index (κ2) is 4.67. The maximum Gasteiger partial charge on any atom is 0.188 e. The third kappa shape index (κ3) is 2.59. The van der Waals surface area contributed by atoms with Crippen LogP contribution in [-0.2, 0) is 4.74 Å². The van der Waals surface area contributed by atoms with Gasteiger partial charge in [0, 0.05) is 13.2 Å². The molecule has 1 rings (SSSR count). The summed E-state index contributed by atoms with van der Waals surface area (Å²) in [6.45, 7) is 0.0179. The van der Waals surface area contributed by atoms with Gasteiger partial charge in [0.25, 0.3) is 0 Å². The van der Waals surface area contributed by atoms with Gasteiger partial charge in [0.15, 0.2) is 18.4 Å². The molecule has 1 aromatic carbocycles. The van der Waals surface area contributed by atoms with Crippen LogP contribution in [-0.4, -0.2) is 21.0 Å². The Morgan fingerprint density at radius 2 is 2.08 bits per heavy atom. The van der Waals surface area contributed by atoms with Gasteiger partial charge in [0.05, 0.1) is 7.11 Å². The third-order valence-electron chi connectivity index (χ3n) is 1.47. The monoisotopic (exact) mass is 186 g/mol. The summed E-state index contributed by atoms with van der Waals surface area (Å²) in [5.41, 5.74) is 0.